The summed E-state index contributed by atoms with van der Waals surface area (Å²) in [4.78, 5) is 28.5. The monoisotopic (exact) mass is 367 g/mol. The van der Waals surface area contributed by atoms with Crippen molar-refractivity contribution in [2.75, 3.05) is 6.79 Å². The Balaban J connectivity index is 1.26. The van der Waals surface area contributed by atoms with Crippen LogP contribution in [0, 0.1) is 0 Å². The van der Waals surface area contributed by atoms with Crippen molar-refractivity contribution in [1.82, 2.24) is 15.6 Å². The molecule has 0 bridgehead atoms. The van der Waals surface area contributed by atoms with Crippen LogP contribution in [0.1, 0.15) is 35.2 Å². The zero-order chi connectivity index (χ0) is 18.6. The molecule has 4 rings (SSSR count). The van der Waals surface area contributed by atoms with Crippen LogP contribution in [-0.4, -0.2) is 35.7 Å². The van der Waals surface area contributed by atoms with E-state index in [9.17, 15) is 9.59 Å². The summed E-state index contributed by atoms with van der Waals surface area (Å²) >= 11 is 0. The summed E-state index contributed by atoms with van der Waals surface area (Å²) in [6.07, 6.45) is 5.94. The van der Waals surface area contributed by atoms with Crippen LogP contribution in [-0.2, 0) is 11.2 Å². The number of carbonyl (C=O) groups excluding carboxylic acids is 2. The maximum Gasteiger partial charge on any atom is 0.251 e. The number of nitrogens with zero attached hydrogens (tertiary/aromatic N) is 1. The highest BCUT2D eigenvalue weighted by molar-refractivity contribution is 5.94. The Bertz CT molecular complexity index is 840. The van der Waals surface area contributed by atoms with Crippen molar-refractivity contribution in [2.24, 2.45) is 0 Å². The fourth-order valence-electron chi connectivity index (χ4n) is 3.53. The van der Waals surface area contributed by atoms with Crippen LogP contribution >= 0.6 is 0 Å². The third-order valence-electron chi connectivity index (χ3n) is 4.88. The van der Waals surface area contributed by atoms with Crippen molar-refractivity contribution in [1.29, 1.82) is 0 Å². The Labute approximate surface area is 157 Å². The Morgan fingerprint density at radius 3 is 2.56 bits per heavy atom. The predicted molar refractivity (Wildman–Crippen MR) is 97.5 cm³/mol. The quantitative estimate of drug-likeness (QED) is 0.841. The van der Waals surface area contributed by atoms with Crippen LogP contribution < -0.4 is 20.1 Å². The third-order valence-corrected chi connectivity index (χ3v) is 4.88. The molecule has 7 nitrogen and oxygen atoms in total. The number of nitrogens with one attached hydrogen (secondary N) is 2. The van der Waals surface area contributed by atoms with Crippen LogP contribution in [0.5, 0.6) is 11.5 Å². The molecule has 2 amide bonds. The number of aromatic nitrogens is 1. The molecule has 1 aromatic heterocycles. The second-order valence-electron chi connectivity index (χ2n) is 6.85. The van der Waals surface area contributed by atoms with Gasteiger partial charge in [0.25, 0.3) is 5.91 Å². The third kappa shape index (κ3) is 4.19. The van der Waals surface area contributed by atoms with Crippen LogP contribution in [0.4, 0.5) is 0 Å². The van der Waals surface area contributed by atoms with Crippen LogP contribution in [0.15, 0.2) is 42.7 Å². The molecule has 1 aliphatic carbocycles. The smallest absolute Gasteiger partial charge is 0.251 e. The largest absolute Gasteiger partial charge is 0.454 e. The molecule has 0 spiro atoms. The van der Waals surface area contributed by atoms with Gasteiger partial charge >= 0.3 is 0 Å². The van der Waals surface area contributed by atoms with Gasteiger partial charge in [0.05, 0.1) is 6.42 Å². The average molecular weight is 367 g/mol. The van der Waals surface area contributed by atoms with Crippen molar-refractivity contribution in [3.8, 4) is 11.5 Å². The molecule has 27 heavy (non-hydrogen) atoms. The van der Waals surface area contributed by atoms with E-state index in [1.807, 2.05) is 18.2 Å². The Kier molecular flexibility index (Phi) is 4.91. The van der Waals surface area contributed by atoms with Gasteiger partial charge in [-0.1, -0.05) is 6.07 Å². The molecule has 2 aromatic rings. The zero-order valence-electron chi connectivity index (χ0n) is 14.8. The lowest BCUT2D eigenvalue weighted by Gasteiger charge is -2.15. The highest BCUT2D eigenvalue weighted by Gasteiger charge is 2.27. The van der Waals surface area contributed by atoms with Crippen molar-refractivity contribution in [2.45, 2.75) is 37.8 Å². The van der Waals surface area contributed by atoms with E-state index in [0.29, 0.717) is 23.5 Å². The van der Waals surface area contributed by atoms with Gasteiger partial charge in [-0.15, -0.1) is 0 Å². The number of amides is 2. The van der Waals surface area contributed by atoms with E-state index in [4.69, 9.17) is 9.47 Å². The molecule has 1 aliphatic heterocycles. The van der Waals surface area contributed by atoms with Gasteiger partial charge in [0.1, 0.15) is 0 Å². The lowest BCUT2D eigenvalue weighted by Crippen LogP contribution is -2.37. The van der Waals surface area contributed by atoms with E-state index >= 15 is 0 Å². The molecule has 1 aromatic carbocycles. The first kappa shape index (κ1) is 17.3. The molecular formula is C20H21N3O4. The first-order valence-electron chi connectivity index (χ1n) is 9.06. The number of carbonyl (C=O) groups is 2. The molecule has 0 saturated heterocycles. The minimum Gasteiger partial charge on any atom is -0.454 e. The Morgan fingerprint density at radius 2 is 1.74 bits per heavy atom. The number of ether oxygens (including phenoxy) is 2. The number of rotatable bonds is 5. The molecule has 1 saturated carbocycles. The predicted octanol–water partition coefficient (Wildman–Crippen LogP) is 1.82. The summed E-state index contributed by atoms with van der Waals surface area (Å²) in [6.45, 7) is 0.222. The SMILES string of the molecule is O=C(Cc1ccc2c(c1)OCO2)N[C@H]1CC[C@@H](NC(=O)c2ccncc2)C1. The fourth-order valence-corrected chi connectivity index (χ4v) is 3.53. The number of hydrogen-bond donors (Lipinski definition) is 2. The first-order chi connectivity index (χ1) is 13.2. The summed E-state index contributed by atoms with van der Waals surface area (Å²) in [7, 11) is 0. The molecule has 2 aliphatic rings. The molecule has 2 atom stereocenters. The maximum atomic E-state index is 12.3. The van der Waals surface area contributed by atoms with Crippen molar-refractivity contribution < 1.29 is 19.1 Å². The van der Waals surface area contributed by atoms with Crippen molar-refractivity contribution in [3.63, 3.8) is 0 Å². The lowest BCUT2D eigenvalue weighted by atomic mass is 10.1. The summed E-state index contributed by atoms with van der Waals surface area (Å²) in [5, 5.41) is 6.09. The van der Waals surface area contributed by atoms with Gasteiger partial charge in [-0.25, -0.2) is 0 Å². The topological polar surface area (TPSA) is 89.5 Å². The maximum absolute atomic E-state index is 12.3. The van der Waals surface area contributed by atoms with Gasteiger partial charge in [0.15, 0.2) is 11.5 Å². The van der Waals surface area contributed by atoms with Gasteiger partial charge < -0.3 is 20.1 Å². The number of benzene rings is 1. The molecule has 2 heterocycles. The first-order valence-corrected chi connectivity index (χ1v) is 9.06. The van der Waals surface area contributed by atoms with E-state index in [1.165, 1.54) is 0 Å². The van der Waals surface area contributed by atoms with Gasteiger partial charge in [0.2, 0.25) is 12.7 Å². The lowest BCUT2D eigenvalue weighted by molar-refractivity contribution is -0.121. The summed E-state index contributed by atoms with van der Waals surface area (Å²) in [5.41, 5.74) is 1.48. The fraction of sp³-hybridized carbons (Fsp3) is 0.350. The van der Waals surface area contributed by atoms with E-state index < -0.39 is 0 Å². The summed E-state index contributed by atoms with van der Waals surface area (Å²) in [5.74, 6) is 1.26. The van der Waals surface area contributed by atoms with Crippen LogP contribution in [0.25, 0.3) is 0 Å². The molecular weight excluding hydrogens is 346 g/mol. The molecule has 1 fully saturated rings. The minimum atomic E-state index is -0.102. The van der Waals surface area contributed by atoms with Gasteiger partial charge in [-0.05, 0) is 49.1 Å². The van der Waals surface area contributed by atoms with Gasteiger partial charge in [-0.3, -0.25) is 14.6 Å². The normalized spacial score (nSPS) is 20.3. The van der Waals surface area contributed by atoms with E-state index in [-0.39, 0.29) is 30.7 Å². The van der Waals surface area contributed by atoms with E-state index in [1.54, 1.807) is 24.5 Å². The van der Waals surface area contributed by atoms with Crippen LogP contribution in [0.2, 0.25) is 0 Å². The minimum absolute atomic E-state index is 0.0278. The standard InChI is InChI=1S/C20H21N3O4/c24-19(10-13-1-4-17-18(9-13)27-12-26-17)22-15-2-3-16(11-15)23-20(25)14-5-7-21-8-6-14/h1,4-9,15-16H,2-3,10-12H2,(H,22,24)(H,23,25)/t15-,16+/m0/s1. The summed E-state index contributed by atoms with van der Waals surface area (Å²) in [6, 6.07) is 9.07. The van der Waals surface area contributed by atoms with E-state index in [2.05, 4.69) is 15.6 Å². The highest BCUT2D eigenvalue weighted by atomic mass is 16.7. The molecule has 0 radical (unpaired) electrons. The van der Waals surface area contributed by atoms with Gasteiger partial charge in [0, 0.05) is 30.0 Å². The Hall–Kier alpha value is -3.09. The van der Waals surface area contributed by atoms with Crippen molar-refractivity contribution >= 4 is 11.8 Å². The van der Waals surface area contributed by atoms with Crippen LogP contribution in [0.3, 0.4) is 0 Å². The molecule has 140 valence electrons. The van der Waals surface area contributed by atoms with Gasteiger partial charge in [-0.2, -0.15) is 0 Å². The van der Waals surface area contributed by atoms with E-state index in [0.717, 1.165) is 24.8 Å². The van der Waals surface area contributed by atoms with Crippen molar-refractivity contribution in [3.05, 3.63) is 53.9 Å². The number of hydrogen-bond acceptors (Lipinski definition) is 5. The molecule has 2 N–H and O–H groups in total. The summed E-state index contributed by atoms with van der Waals surface area (Å²) < 4.78 is 10.6. The molecule has 0 unspecified atom stereocenters. The second kappa shape index (κ2) is 7.65. The number of pyridine rings is 1. The zero-order valence-corrected chi connectivity index (χ0v) is 14.8. The number of fused-ring (bicyclic) bond motifs is 1. The highest BCUT2D eigenvalue weighted by Crippen LogP contribution is 2.32. The average Bonchev–Trinajstić information content (AvgIpc) is 3.31. The Morgan fingerprint density at radius 1 is 1.00 bits per heavy atom. The second-order valence-corrected chi connectivity index (χ2v) is 6.85. The molecule has 7 heteroatoms.